The van der Waals surface area contributed by atoms with Crippen LogP contribution in [0.3, 0.4) is 0 Å². The zero-order chi connectivity index (χ0) is 13.4. The lowest BCUT2D eigenvalue weighted by Gasteiger charge is -2.15. The highest BCUT2D eigenvalue weighted by molar-refractivity contribution is 6.28. The number of hydrogen-bond donors (Lipinski definition) is 1. The maximum absolute atomic E-state index is 13.9. The summed E-state index contributed by atoms with van der Waals surface area (Å²) in [6.07, 6.45) is 1.53. The number of benzene rings is 1. The maximum Gasteiger partial charge on any atom is 0.224 e. The van der Waals surface area contributed by atoms with Gasteiger partial charge in [-0.05, 0) is 29.8 Å². The van der Waals surface area contributed by atoms with Gasteiger partial charge in [0.25, 0.3) is 0 Å². The Labute approximate surface area is 113 Å². The van der Waals surface area contributed by atoms with Gasteiger partial charge in [-0.3, -0.25) is 5.10 Å². The summed E-state index contributed by atoms with van der Waals surface area (Å²) in [6, 6.07) is 6.45. The molecule has 0 saturated heterocycles. The van der Waals surface area contributed by atoms with Gasteiger partial charge in [-0.15, -0.1) is 0 Å². The molecule has 5 nitrogen and oxygen atoms in total. The van der Waals surface area contributed by atoms with Gasteiger partial charge in [-0.1, -0.05) is 6.07 Å². The van der Waals surface area contributed by atoms with Crippen LogP contribution in [0.5, 0.6) is 0 Å². The fraction of sp³-hybridized carbons (Fsp3) is 0.0833. The standard InChI is InChI=1S/C12H9ClFN5/c1-19(9-5-6-15-12(13)16-9)11-10-7(14)3-2-4-8(10)17-18-11/h2-6H,1H3,(H,17,18). The molecule has 0 fully saturated rings. The van der Waals surface area contributed by atoms with Crippen molar-refractivity contribution in [1.82, 2.24) is 20.2 Å². The second-order valence-corrected chi connectivity index (χ2v) is 4.29. The number of hydrogen-bond acceptors (Lipinski definition) is 4. The lowest BCUT2D eigenvalue weighted by Crippen LogP contribution is -2.12. The minimum Gasteiger partial charge on any atom is -0.312 e. The third-order valence-electron chi connectivity index (χ3n) is 2.79. The summed E-state index contributed by atoms with van der Waals surface area (Å²) in [5.41, 5.74) is 0.627. The third-order valence-corrected chi connectivity index (χ3v) is 2.97. The van der Waals surface area contributed by atoms with Crippen molar-refractivity contribution in [3.63, 3.8) is 0 Å². The molecule has 0 amide bonds. The van der Waals surface area contributed by atoms with Gasteiger partial charge in [0, 0.05) is 13.2 Å². The highest BCUT2D eigenvalue weighted by Gasteiger charge is 2.16. The van der Waals surface area contributed by atoms with Crippen LogP contribution in [-0.2, 0) is 0 Å². The molecule has 0 aliphatic heterocycles. The Morgan fingerprint density at radius 2 is 2.16 bits per heavy atom. The second kappa shape index (κ2) is 4.47. The predicted octanol–water partition coefficient (Wildman–Crippen LogP) is 2.91. The summed E-state index contributed by atoms with van der Waals surface area (Å²) in [5, 5.41) is 7.45. The maximum atomic E-state index is 13.9. The Hall–Kier alpha value is -2.21. The van der Waals surface area contributed by atoms with E-state index in [2.05, 4.69) is 20.2 Å². The van der Waals surface area contributed by atoms with Crippen LogP contribution in [0.15, 0.2) is 30.5 Å². The van der Waals surface area contributed by atoms with Crippen molar-refractivity contribution in [1.29, 1.82) is 0 Å². The lowest BCUT2D eigenvalue weighted by molar-refractivity contribution is 0.640. The molecule has 0 unspecified atom stereocenters. The summed E-state index contributed by atoms with van der Waals surface area (Å²) >= 11 is 5.75. The largest absolute Gasteiger partial charge is 0.312 e. The fourth-order valence-electron chi connectivity index (χ4n) is 1.88. The molecule has 96 valence electrons. The first kappa shape index (κ1) is 11.9. The first-order valence-corrected chi connectivity index (χ1v) is 5.89. The van der Waals surface area contributed by atoms with Crippen LogP contribution in [-0.4, -0.2) is 27.2 Å². The molecule has 1 N–H and O–H groups in total. The molecule has 2 heterocycles. The van der Waals surface area contributed by atoms with Crippen LogP contribution >= 0.6 is 11.6 Å². The van der Waals surface area contributed by atoms with Crippen molar-refractivity contribution < 1.29 is 4.39 Å². The number of fused-ring (bicyclic) bond motifs is 1. The minimum absolute atomic E-state index is 0.129. The molecule has 0 aliphatic carbocycles. The van der Waals surface area contributed by atoms with Crippen LogP contribution in [0.1, 0.15) is 0 Å². The summed E-state index contributed by atoms with van der Waals surface area (Å²) in [4.78, 5) is 9.53. The smallest absolute Gasteiger partial charge is 0.224 e. The number of aromatic nitrogens is 4. The van der Waals surface area contributed by atoms with E-state index < -0.39 is 0 Å². The minimum atomic E-state index is -0.340. The van der Waals surface area contributed by atoms with Crippen LogP contribution in [0, 0.1) is 5.82 Å². The van der Waals surface area contributed by atoms with Crippen molar-refractivity contribution in [3.8, 4) is 0 Å². The van der Waals surface area contributed by atoms with Crippen LogP contribution in [0.4, 0.5) is 16.0 Å². The molecule has 0 bridgehead atoms. The normalized spacial score (nSPS) is 10.9. The van der Waals surface area contributed by atoms with Crippen molar-refractivity contribution >= 4 is 34.1 Å². The predicted molar refractivity (Wildman–Crippen MR) is 71.2 cm³/mol. The van der Waals surface area contributed by atoms with E-state index in [4.69, 9.17) is 11.6 Å². The van der Waals surface area contributed by atoms with Crippen molar-refractivity contribution in [2.24, 2.45) is 0 Å². The number of H-pyrrole nitrogens is 1. The van der Waals surface area contributed by atoms with Gasteiger partial charge in [0.1, 0.15) is 11.6 Å². The number of anilines is 2. The van der Waals surface area contributed by atoms with E-state index in [9.17, 15) is 4.39 Å². The van der Waals surface area contributed by atoms with Gasteiger partial charge in [-0.2, -0.15) is 5.10 Å². The van der Waals surface area contributed by atoms with Gasteiger partial charge in [0.2, 0.25) is 5.28 Å². The number of rotatable bonds is 2. The molecule has 2 aromatic heterocycles. The Balaban J connectivity index is 2.14. The number of nitrogens with zero attached hydrogens (tertiary/aromatic N) is 4. The number of aromatic amines is 1. The Bertz CT molecular complexity index is 742. The van der Waals surface area contributed by atoms with E-state index in [0.29, 0.717) is 22.5 Å². The average Bonchev–Trinajstić information content (AvgIpc) is 2.83. The van der Waals surface area contributed by atoms with E-state index in [0.717, 1.165) is 0 Å². The molecule has 0 spiro atoms. The first-order valence-electron chi connectivity index (χ1n) is 5.51. The SMILES string of the molecule is CN(c1ccnc(Cl)n1)c1n[nH]c2cccc(F)c12. The van der Waals surface area contributed by atoms with Gasteiger partial charge in [0.15, 0.2) is 5.82 Å². The molecule has 0 radical (unpaired) electrons. The van der Waals surface area contributed by atoms with E-state index in [1.807, 2.05) is 0 Å². The van der Waals surface area contributed by atoms with E-state index in [-0.39, 0.29) is 11.1 Å². The molecule has 3 rings (SSSR count). The van der Waals surface area contributed by atoms with Crippen molar-refractivity contribution in [2.75, 3.05) is 11.9 Å². The van der Waals surface area contributed by atoms with Gasteiger partial charge in [0.05, 0.1) is 10.9 Å². The second-order valence-electron chi connectivity index (χ2n) is 3.95. The van der Waals surface area contributed by atoms with Crippen LogP contribution in [0.25, 0.3) is 10.9 Å². The lowest BCUT2D eigenvalue weighted by atomic mass is 10.2. The number of nitrogens with one attached hydrogen (secondary N) is 1. The molecule has 19 heavy (non-hydrogen) atoms. The van der Waals surface area contributed by atoms with Gasteiger partial charge >= 0.3 is 0 Å². The van der Waals surface area contributed by atoms with Gasteiger partial charge < -0.3 is 4.90 Å². The molecule has 7 heteroatoms. The third kappa shape index (κ3) is 2.00. The van der Waals surface area contributed by atoms with E-state index in [1.54, 1.807) is 30.1 Å². The average molecular weight is 278 g/mol. The topological polar surface area (TPSA) is 57.7 Å². The monoisotopic (exact) mass is 277 g/mol. The van der Waals surface area contributed by atoms with Crippen molar-refractivity contribution in [3.05, 3.63) is 41.6 Å². The number of halogens is 2. The molecule has 3 aromatic rings. The molecule has 0 aliphatic rings. The fourth-order valence-corrected chi connectivity index (χ4v) is 2.02. The molecule has 1 aromatic carbocycles. The van der Waals surface area contributed by atoms with Crippen molar-refractivity contribution in [2.45, 2.75) is 0 Å². The van der Waals surface area contributed by atoms with Crippen LogP contribution < -0.4 is 4.90 Å². The molecular formula is C12H9ClFN5. The van der Waals surface area contributed by atoms with E-state index >= 15 is 0 Å². The highest BCUT2D eigenvalue weighted by atomic mass is 35.5. The Morgan fingerprint density at radius 3 is 2.95 bits per heavy atom. The zero-order valence-electron chi connectivity index (χ0n) is 9.93. The molecule has 0 atom stereocenters. The highest BCUT2D eigenvalue weighted by Crippen LogP contribution is 2.29. The van der Waals surface area contributed by atoms with E-state index in [1.165, 1.54) is 12.3 Å². The summed E-state index contributed by atoms with van der Waals surface area (Å²) in [7, 11) is 1.74. The Kier molecular flexibility index (Phi) is 2.79. The van der Waals surface area contributed by atoms with Gasteiger partial charge in [-0.25, -0.2) is 14.4 Å². The summed E-state index contributed by atoms with van der Waals surface area (Å²) in [6.45, 7) is 0. The Morgan fingerprint density at radius 1 is 1.32 bits per heavy atom. The summed E-state index contributed by atoms with van der Waals surface area (Å²) in [5.74, 6) is 0.646. The zero-order valence-corrected chi connectivity index (χ0v) is 10.7. The quantitative estimate of drug-likeness (QED) is 0.732. The van der Waals surface area contributed by atoms with Crippen LogP contribution in [0.2, 0.25) is 5.28 Å². The first-order chi connectivity index (χ1) is 9.16. The molecule has 0 saturated carbocycles. The molecular weight excluding hydrogens is 269 g/mol. The summed E-state index contributed by atoms with van der Waals surface area (Å²) < 4.78 is 13.9.